The topological polar surface area (TPSA) is 124 Å². The van der Waals surface area contributed by atoms with Crippen LogP contribution in [0.4, 0.5) is 17.1 Å². The maximum Gasteiger partial charge on any atom is 0.263 e. The maximum absolute atomic E-state index is 12.8. The number of nitrogens with one attached hydrogen (secondary N) is 2. The highest BCUT2D eigenvalue weighted by molar-refractivity contribution is 6.25. The highest BCUT2D eigenvalue weighted by Gasteiger charge is 2.36. The Balaban J connectivity index is 1.68. The Hall–Kier alpha value is -5.28. The van der Waals surface area contributed by atoms with Gasteiger partial charge in [-0.3, -0.25) is 24.1 Å². The first-order valence-corrected chi connectivity index (χ1v) is 9.93. The zero-order valence-corrected chi connectivity index (χ0v) is 17.7. The quantitative estimate of drug-likeness (QED) is 0.463. The van der Waals surface area contributed by atoms with Crippen LogP contribution in [0.3, 0.4) is 0 Å². The van der Waals surface area contributed by atoms with E-state index < -0.39 is 23.6 Å². The second-order valence-electron chi connectivity index (χ2n) is 7.37. The summed E-state index contributed by atoms with van der Waals surface area (Å²) in [7, 11) is 1.33. The average molecular weight is 449 g/mol. The molecular weight excluding hydrogens is 434 g/mol. The first-order chi connectivity index (χ1) is 16.3. The Labute approximate surface area is 194 Å². The summed E-state index contributed by atoms with van der Waals surface area (Å²) in [5.74, 6) is -2.19. The van der Waals surface area contributed by atoms with Crippen LogP contribution < -0.4 is 10.6 Å². The van der Waals surface area contributed by atoms with Crippen LogP contribution in [-0.2, 0) is 0 Å². The zero-order valence-electron chi connectivity index (χ0n) is 17.7. The predicted molar refractivity (Wildman–Crippen MR) is 123 cm³/mol. The van der Waals surface area contributed by atoms with Crippen LogP contribution in [0, 0.1) is 17.9 Å². The van der Waals surface area contributed by atoms with Crippen molar-refractivity contribution in [3.8, 4) is 6.07 Å². The molecule has 3 aromatic rings. The minimum atomic E-state index is -0.581. The second-order valence-corrected chi connectivity index (χ2v) is 7.37. The number of hydrogen-bond acceptors (Lipinski definition) is 5. The number of rotatable bonds is 4. The standard InChI is InChI=1S/C25H15N5O4/c1-27-17-9-7-16(8-10-17)22(31)28-18-11-19-21(25(34)30(2)24(19)33)20(12-18)29-23(32)15-5-3-14(13-26)4-6-15/h3-12H,2H3,(H,28,31)(H,29,32). The molecule has 0 atom stereocenters. The number of carbonyl (C=O) groups excluding carboxylic acids is 4. The van der Waals surface area contributed by atoms with Crippen LogP contribution in [0.25, 0.3) is 4.85 Å². The Kier molecular flexibility index (Phi) is 5.61. The van der Waals surface area contributed by atoms with Crippen LogP contribution in [-0.4, -0.2) is 35.6 Å². The Morgan fingerprint density at radius 2 is 1.50 bits per heavy atom. The largest absolute Gasteiger partial charge is 0.322 e. The Morgan fingerprint density at radius 3 is 2.09 bits per heavy atom. The molecule has 0 radical (unpaired) electrons. The lowest BCUT2D eigenvalue weighted by atomic mass is 10.0. The molecule has 4 rings (SSSR count). The monoisotopic (exact) mass is 449 g/mol. The number of nitriles is 1. The average Bonchev–Trinajstić information content (AvgIpc) is 3.08. The van der Waals surface area contributed by atoms with E-state index >= 15 is 0 Å². The first kappa shape index (κ1) is 21.9. The molecule has 1 aliphatic heterocycles. The molecule has 2 N–H and O–H groups in total. The molecule has 164 valence electrons. The van der Waals surface area contributed by atoms with Crippen molar-refractivity contribution in [1.82, 2.24) is 4.90 Å². The third kappa shape index (κ3) is 3.97. The summed E-state index contributed by atoms with van der Waals surface area (Å²) in [6, 6.07) is 16.6. The number of amides is 4. The molecule has 9 heteroatoms. The van der Waals surface area contributed by atoms with Crippen LogP contribution in [0.2, 0.25) is 0 Å². The summed E-state index contributed by atoms with van der Waals surface area (Å²) in [5, 5.41) is 14.2. The highest BCUT2D eigenvalue weighted by atomic mass is 16.2. The Bertz CT molecular complexity index is 1440. The van der Waals surface area contributed by atoms with Gasteiger partial charge < -0.3 is 10.6 Å². The van der Waals surface area contributed by atoms with Crippen molar-refractivity contribution in [3.63, 3.8) is 0 Å². The van der Waals surface area contributed by atoms with E-state index in [0.29, 0.717) is 11.3 Å². The number of nitrogens with zero attached hydrogens (tertiary/aromatic N) is 3. The van der Waals surface area contributed by atoms with Gasteiger partial charge in [0, 0.05) is 23.9 Å². The molecule has 0 aliphatic carbocycles. The van der Waals surface area contributed by atoms with E-state index in [9.17, 15) is 19.2 Å². The number of imide groups is 1. The van der Waals surface area contributed by atoms with E-state index in [1.165, 1.54) is 67.7 Å². The van der Waals surface area contributed by atoms with Crippen LogP contribution in [0.5, 0.6) is 0 Å². The van der Waals surface area contributed by atoms with Crippen molar-refractivity contribution in [1.29, 1.82) is 5.26 Å². The minimum absolute atomic E-state index is 0.0221. The van der Waals surface area contributed by atoms with E-state index in [-0.39, 0.29) is 33.6 Å². The lowest BCUT2D eigenvalue weighted by Crippen LogP contribution is -2.24. The molecule has 34 heavy (non-hydrogen) atoms. The number of hydrogen-bond donors (Lipinski definition) is 2. The van der Waals surface area contributed by atoms with Crippen molar-refractivity contribution in [2.24, 2.45) is 0 Å². The fraction of sp³-hybridized carbons (Fsp3) is 0.0400. The van der Waals surface area contributed by atoms with Crippen molar-refractivity contribution >= 4 is 40.7 Å². The van der Waals surface area contributed by atoms with Gasteiger partial charge in [-0.05, 0) is 36.4 Å². The molecule has 0 fully saturated rings. The van der Waals surface area contributed by atoms with E-state index in [1.54, 1.807) is 0 Å². The van der Waals surface area contributed by atoms with E-state index in [1.807, 2.05) is 6.07 Å². The molecule has 1 heterocycles. The fourth-order valence-electron chi connectivity index (χ4n) is 3.43. The molecule has 0 unspecified atom stereocenters. The summed E-state index contributed by atoms with van der Waals surface area (Å²) in [6.45, 7) is 7.00. The third-order valence-electron chi connectivity index (χ3n) is 5.23. The van der Waals surface area contributed by atoms with Gasteiger partial charge in [0.05, 0.1) is 35.0 Å². The van der Waals surface area contributed by atoms with Gasteiger partial charge >= 0.3 is 0 Å². The smallest absolute Gasteiger partial charge is 0.263 e. The second kappa shape index (κ2) is 8.69. The molecule has 3 aromatic carbocycles. The summed E-state index contributed by atoms with van der Waals surface area (Å²) >= 11 is 0. The van der Waals surface area contributed by atoms with Gasteiger partial charge in [0.25, 0.3) is 23.6 Å². The van der Waals surface area contributed by atoms with Gasteiger partial charge in [-0.25, -0.2) is 4.85 Å². The summed E-state index contributed by atoms with van der Waals surface area (Å²) in [6.07, 6.45) is 0. The molecule has 0 saturated carbocycles. The van der Waals surface area contributed by atoms with Gasteiger partial charge in [0.1, 0.15) is 0 Å². The van der Waals surface area contributed by atoms with Gasteiger partial charge in [-0.2, -0.15) is 5.26 Å². The van der Waals surface area contributed by atoms with Gasteiger partial charge in [0.2, 0.25) is 0 Å². The molecule has 0 saturated heterocycles. The summed E-state index contributed by atoms with van der Waals surface area (Å²) < 4.78 is 0. The fourth-order valence-corrected chi connectivity index (χ4v) is 3.43. The van der Waals surface area contributed by atoms with Crippen LogP contribution in [0.1, 0.15) is 47.0 Å². The van der Waals surface area contributed by atoms with Gasteiger partial charge in [-0.15, -0.1) is 0 Å². The molecule has 0 bridgehead atoms. The molecule has 0 aromatic heterocycles. The van der Waals surface area contributed by atoms with E-state index in [0.717, 1.165) is 4.90 Å². The molecule has 4 amide bonds. The predicted octanol–water partition coefficient (Wildman–Crippen LogP) is 3.84. The van der Waals surface area contributed by atoms with Crippen molar-refractivity contribution in [2.45, 2.75) is 0 Å². The number of benzene rings is 3. The van der Waals surface area contributed by atoms with Gasteiger partial charge in [0.15, 0.2) is 5.69 Å². The van der Waals surface area contributed by atoms with E-state index in [2.05, 4.69) is 15.5 Å². The molecule has 9 nitrogen and oxygen atoms in total. The molecule has 0 spiro atoms. The SMILES string of the molecule is [C-]#[N+]c1ccc(C(=O)Nc2cc(NC(=O)c3ccc(C#N)cc3)c3c(c2)C(=O)N(C)C3=O)cc1. The Morgan fingerprint density at radius 1 is 0.912 bits per heavy atom. The first-order valence-electron chi connectivity index (χ1n) is 9.93. The summed E-state index contributed by atoms with van der Waals surface area (Å²) in [4.78, 5) is 54.9. The summed E-state index contributed by atoms with van der Waals surface area (Å²) in [5.41, 5.74) is 1.63. The van der Waals surface area contributed by atoms with Crippen molar-refractivity contribution < 1.29 is 19.2 Å². The zero-order chi connectivity index (χ0) is 24.4. The number of anilines is 2. The minimum Gasteiger partial charge on any atom is -0.322 e. The van der Waals surface area contributed by atoms with Crippen molar-refractivity contribution in [3.05, 3.63) is 99.9 Å². The van der Waals surface area contributed by atoms with Gasteiger partial charge in [-0.1, -0.05) is 24.3 Å². The highest BCUT2D eigenvalue weighted by Crippen LogP contribution is 2.33. The lowest BCUT2D eigenvalue weighted by Gasteiger charge is -2.13. The van der Waals surface area contributed by atoms with Crippen molar-refractivity contribution in [2.75, 3.05) is 17.7 Å². The van der Waals surface area contributed by atoms with Crippen LogP contribution in [0.15, 0.2) is 60.7 Å². The van der Waals surface area contributed by atoms with E-state index in [4.69, 9.17) is 11.8 Å². The lowest BCUT2D eigenvalue weighted by molar-refractivity contribution is 0.0693. The third-order valence-corrected chi connectivity index (χ3v) is 5.23. The molecular formula is C25H15N5O4. The number of carbonyl (C=O) groups is 4. The maximum atomic E-state index is 12.8. The molecule has 1 aliphatic rings. The normalized spacial score (nSPS) is 11.9. The number of fused-ring (bicyclic) bond motifs is 1. The van der Waals surface area contributed by atoms with Crippen LogP contribution >= 0.6 is 0 Å².